The second kappa shape index (κ2) is 6.94. The quantitative estimate of drug-likeness (QED) is 0.496. The minimum Gasteiger partial charge on any atom is -0.515 e. The van der Waals surface area contributed by atoms with E-state index in [9.17, 15) is 9.90 Å². The van der Waals surface area contributed by atoms with Crippen LogP contribution in [-0.4, -0.2) is 25.4 Å². The molecule has 1 aromatic carbocycles. The molecule has 3 atom stereocenters. The largest absolute Gasteiger partial charge is 0.515 e. The monoisotopic (exact) mass is 399 g/mol. The number of aromatic nitrogens is 3. The number of nitrogens with zero attached hydrogens (tertiary/aromatic N) is 3. The van der Waals surface area contributed by atoms with Crippen LogP contribution < -0.4 is 0 Å². The normalized spacial score (nSPS) is 27.0. The first-order chi connectivity index (χ1) is 14.5. The lowest BCUT2D eigenvalue weighted by Gasteiger charge is -2.47. The molecule has 0 unspecified atom stereocenters. The first kappa shape index (κ1) is 18.8. The Morgan fingerprint density at radius 1 is 1.17 bits per heavy atom. The van der Waals surface area contributed by atoms with E-state index in [0.29, 0.717) is 12.0 Å². The fourth-order valence-corrected chi connectivity index (χ4v) is 5.56. The van der Waals surface area contributed by atoms with Crippen LogP contribution >= 0.6 is 0 Å². The topological polar surface area (TPSA) is 68.0 Å². The molecule has 2 aromatic heterocycles. The molecule has 0 radical (unpaired) electrons. The van der Waals surface area contributed by atoms with Crippen molar-refractivity contribution in [1.29, 1.82) is 0 Å². The van der Waals surface area contributed by atoms with Crippen molar-refractivity contribution in [3.8, 4) is 17.1 Å². The van der Waals surface area contributed by atoms with Crippen molar-refractivity contribution >= 4 is 5.78 Å². The van der Waals surface area contributed by atoms with Crippen molar-refractivity contribution < 1.29 is 9.90 Å². The molecule has 1 saturated carbocycles. The highest BCUT2D eigenvalue weighted by molar-refractivity contribution is 5.98. The Morgan fingerprint density at radius 2 is 1.90 bits per heavy atom. The number of hydrogen-bond donors (Lipinski definition) is 1. The maximum Gasteiger partial charge on any atom is 0.165 e. The zero-order valence-electron chi connectivity index (χ0n) is 17.2. The molecule has 30 heavy (non-hydrogen) atoms. The molecular weight excluding hydrogens is 374 g/mol. The molecule has 0 bridgehead atoms. The Kier molecular flexibility index (Phi) is 4.35. The Morgan fingerprint density at radius 3 is 2.60 bits per heavy atom. The molecule has 2 aliphatic rings. The number of fused-ring (bicyclic) bond motifs is 3. The highest BCUT2D eigenvalue weighted by atomic mass is 16.2. The lowest BCUT2D eigenvalue weighted by Crippen LogP contribution is -2.48. The number of aliphatic hydroxyl groups is 1. The van der Waals surface area contributed by atoms with Crippen molar-refractivity contribution in [2.75, 3.05) is 0 Å². The maximum absolute atomic E-state index is 12.7. The zero-order chi connectivity index (χ0) is 20.9. The summed E-state index contributed by atoms with van der Waals surface area (Å²) in [5.74, 6) is 1.06. The van der Waals surface area contributed by atoms with E-state index in [1.807, 2.05) is 37.3 Å². The van der Waals surface area contributed by atoms with Gasteiger partial charge in [0, 0.05) is 46.2 Å². The molecule has 1 N–H and O–H groups in total. The third kappa shape index (κ3) is 2.65. The number of imidazole rings is 1. The fourth-order valence-electron chi connectivity index (χ4n) is 5.56. The number of carbonyl (C=O) groups excluding carboxylic acids is 1. The summed E-state index contributed by atoms with van der Waals surface area (Å²) < 4.78 is 2.26. The maximum atomic E-state index is 12.7. The minimum atomic E-state index is -0.294. The second-order valence-electron chi connectivity index (χ2n) is 8.68. The molecule has 2 aliphatic carbocycles. The zero-order valence-corrected chi connectivity index (χ0v) is 17.2. The van der Waals surface area contributed by atoms with Gasteiger partial charge in [-0.25, -0.2) is 4.98 Å². The summed E-state index contributed by atoms with van der Waals surface area (Å²) in [4.78, 5) is 22.1. The predicted octanol–water partition coefficient (Wildman–Crippen LogP) is 4.81. The van der Waals surface area contributed by atoms with Gasteiger partial charge in [-0.05, 0) is 49.4 Å². The van der Waals surface area contributed by atoms with Gasteiger partial charge in [-0.15, -0.1) is 0 Å². The fraction of sp³-hybridized carbons (Fsp3) is 0.320. The molecule has 152 valence electrons. The van der Waals surface area contributed by atoms with Crippen LogP contribution in [0.4, 0.5) is 0 Å². The highest BCUT2D eigenvalue weighted by Gasteiger charge is 2.52. The van der Waals surface area contributed by atoms with Crippen LogP contribution in [0, 0.1) is 11.8 Å². The summed E-state index contributed by atoms with van der Waals surface area (Å²) >= 11 is 0. The molecule has 5 nitrogen and oxygen atoms in total. The van der Waals surface area contributed by atoms with Crippen LogP contribution in [0.5, 0.6) is 0 Å². The number of Topliss-reactive ketones (excluding diaryl/α,β-unsaturated/α-hetero) is 1. The highest BCUT2D eigenvalue weighted by Crippen LogP contribution is 2.53. The molecule has 5 heteroatoms. The number of pyridine rings is 1. The van der Waals surface area contributed by atoms with E-state index < -0.39 is 0 Å². The molecular formula is C25H25N3O2. The molecule has 0 spiro atoms. The summed E-state index contributed by atoms with van der Waals surface area (Å²) in [5, 5.41) is 9.73. The Balaban J connectivity index is 1.76. The summed E-state index contributed by atoms with van der Waals surface area (Å²) in [6.07, 6.45) is 6.91. The minimum absolute atomic E-state index is 0.0697. The number of hydrogen-bond acceptors (Lipinski definition) is 4. The molecule has 2 heterocycles. The van der Waals surface area contributed by atoms with E-state index in [1.165, 1.54) is 5.69 Å². The summed E-state index contributed by atoms with van der Waals surface area (Å²) in [7, 11) is 0. The number of ketones is 1. The van der Waals surface area contributed by atoms with Crippen molar-refractivity contribution in [3.05, 3.63) is 78.1 Å². The molecule has 0 amide bonds. The van der Waals surface area contributed by atoms with Crippen molar-refractivity contribution in [2.24, 2.45) is 11.8 Å². The smallest absolute Gasteiger partial charge is 0.165 e. The van der Waals surface area contributed by atoms with Gasteiger partial charge in [0.25, 0.3) is 0 Å². The third-order valence-corrected chi connectivity index (χ3v) is 7.02. The molecule has 3 aromatic rings. The lowest BCUT2D eigenvalue weighted by atomic mass is 9.56. The van der Waals surface area contributed by atoms with Gasteiger partial charge < -0.3 is 5.11 Å². The van der Waals surface area contributed by atoms with E-state index in [2.05, 4.69) is 28.6 Å². The Bertz CT molecular complexity index is 1130. The molecule has 5 rings (SSSR count). The van der Waals surface area contributed by atoms with E-state index in [1.54, 1.807) is 12.4 Å². The molecule has 1 fully saturated rings. The first-order valence-corrected chi connectivity index (χ1v) is 10.5. The van der Waals surface area contributed by atoms with Crippen LogP contribution in [0.3, 0.4) is 0 Å². The van der Waals surface area contributed by atoms with Gasteiger partial charge in [0.05, 0.1) is 12.0 Å². The van der Waals surface area contributed by atoms with E-state index in [4.69, 9.17) is 4.98 Å². The van der Waals surface area contributed by atoms with Gasteiger partial charge in [0.2, 0.25) is 0 Å². The summed E-state index contributed by atoms with van der Waals surface area (Å²) in [6.45, 7) is 4.21. The number of benzene rings is 1. The van der Waals surface area contributed by atoms with Crippen LogP contribution in [0.25, 0.3) is 17.1 Å². The summed E-state index contributed by atoms with van der Waals surface area (Å²) in [6, 6.07) is 14.3. The molecule has 0 aliphatic heterocycles. The lowest BCUT2D eigenvalue weighted by molar-refractivity contribution is -0.124. The molecule has 0 saturated heterocycles. The van der Waals surface area contributed by atoms with E-state index in [0.717, 1.165) is 41.9 Å². The van der Waals surface area contributed by atoms with Crippen molar-refractivity contribution in [3.63, 3.8) is 0 Å². The van der Waals surface area contributed by atoms with Crippen molar-refractivity contribution in [1.82, 2.24) is 14.5 Å². The SMILES string of the molecule is C[C@H]1C(=O)/C(=C\O)C[C@@]2(C)c3nc(-c4ccncc4)n(-c4ccccc4)c3CC[C@H]12. The van der Waals surface area contributed by atoms with Gasteiger partial charge >= 0.3 is 0 Å². The number of allylic oxidation sites excluding steroid dienone is 1. The van der Waals surface area contributed by atoms with Crippen LogP contribution in [-0.2, 0) is 16.6 Å². The van der Waals surface area contributed by atoms with Gasteiger partial charge in [-0.2, -0.15) is 0 Å². The van der Waals surface area contributed by atoms with E-state index in [-0.39, 0.29) is 23.0 Å². The number of aliphatic hydroxyl groups excluding tert-OH is 1. The van der Waals surface area contributed by atoms with Gasteiger partial charge in [0.15, 0.2) is 5.78 Å². The predicted molar refractivity (Wildman–Crippen MR) is 115 cm³/mol. The average Bonchev–Trinajstić information content (AvgIpc) is 3.18. The second-order valence-corrected chi connectivity index (χ2v) is 8.68. The van der Waals surface area contributed by atoms with Gasteiger partial charge in [-0.1, -0.05) is 32.0 Å². The third-order valence-electron chi connectivity index (χ3n) is 7.02. The van der Waals surface area contributed by atoms with Crippen molar-refractivity contribution in [2.45, 2.75) is 38.5 Å². The van der Waals surface area contributed by atoms with Crippen LogP contribution in [0.1, 0.15) is 38.1 Å². The van der Waals surface area contributed by atoms with Gasteiger partial charge in [-0.3, -0.25) is 14.3 Å². The van der Waals surface area contributed by atoms with E-state index >= 15 is 0 Å². The Labute approximate surface area is 176 Å². The average molecular weight is 399 g/mol. The first-order valence-electron chi connectivity index (χ1n) is 10.5. The van der Waals surface area contributed by atoms with Crippen LogP contribution in [0.2, 0.25) is 0 Å². The summed E-state index contributed by atoms with van der Waals surface area (Å²) in [5.41, 5.74) is 4.56. The number of carbonyl (C=O) groups is 1. The number of rotatable bonds is 2. The Hall–Kier alpha value is -3.21. The standard InChI is InChI=1S/C25H25N3O2/c1-16-20-8-9-21-23(25(20,2)14-18(15-29)22(16)30)27-24(17-10-12-26-13-11-17)28(21)19-6-4-3-5-7-19/h3-7,10-13,15-16,20,29H,8-9,14H2,1-2H3/b18-15-/t16-,20-,25-/m1/s1. The number of para-hydroxylation sites is 1. The van der Waals surface area contributed by atoms with Gasteiger partial charge in [0.1, 0.15) is 5.82 Å². The van der Waals surface area contributed by atoms with Crippen LogP contribution in [0.15, 0.2) is 66.7 Å².